The van der Waals surface area contributed by atoms with Crippen molar-refractivity contribution in [2.45, 2.75) is 6.92 Å². The van der Waals surface area contributed by atoms with Gasteiger partial charge in [-0.3, -0.25) is 4.79 Å². The van der Waals surface area contributed by atoms with Gasteiger partial charge in [0.2, 0.25) is 5.91 Å². The van der Waals surface area contributed by atoms with Crippen LogP contribution >= 0.6 is 27.5 Å². The lowest BCUT2D eigenvalue weighted by molar-refractivity contribution is -0.121. The van der Waals surface area contributed by atoms with Crippen LogP contribution in [0.1, 0.15) is 6.92 Å². The summed E-state index contributed by atoms with van der Waals surface area (Å²) >= 11 is 9.05. The average Bonchev–Trinajstić information content (AvgIpc) is 2.21. The Morgan fingerprint density at radius 1 is 1.71 bits per heavy atom. The molecule has 0 aromatic carbocycles. The van der Waals surface area contributed by atoms with Crippen molar-refractivity contribution in [1.82, 2.24) is 10.3 Å². The molecule has 1 aliphatic heterocycles. The number of rotatable bonds is 3. The second-order valence-corrected chi connectivity index (χ2v) is 5.41. The molecule has 0 saturated carbocycles. The largest absolute Gasteiger partial charge is 0.324 e. The summed E-state index contributed by atoms with van der Waals surface area (Å²) in [5, 5.41) is 6.39. The molecular weight excluding hydrogens is 305 g/mol. The molecule has 1 saturated heterocycles. The van der Waals surface area contributed by atoms with Gasteiger partial charge in [-0.25, -0.2) is 4.98 Å². The minimum atomic E-state index is 0.00528. The third kappa shape index (κ3) is 2.97. The summed E-state index contributed by atoms with van der Waals surface area (Å²) in [5.41, 5.74) is 0.658. The van der Waals surface area contributed by atoms with Crippen molar-refractivity contribution in [3.63, 3.8) is 0 Å². The summed E-state index contributed by atoms with van der Waals surface area (Å²) in [6.45, 7) is 3.77. The van der Waals surface area contributed by atoms with Gasteiger partial charge in [-0.2, -0.15) is 0 Å². The van der Waals surface area contributed by atoms with Gasteiger partial charge < -0.3 is 10.6 Å². The van der Waals surface area contributed by atoms with Crippen molar-refractivity contribution in [3.8, 4) is 0 Å². The molecule has 2 heterocycles. The highest BCUT2D eigenvalue weighted by molar-refractivity contribution is 9.10. The number of nitrogens with one attached hydrogen (secondary N) is 2. The van der Waals surface area contributed by atoms with Gasteiger partial charge in [-0.05, 0) is 41.0 Å². The maximum absolute atomic E-state index is 11.9. The van der Waals surface area contributed by atoms with Gasteiger partial charge in [-0.1, -0.05) is 18.5 Å². The van der Waals surface area contributed by atoms with Gasteiger partial charge in [0.25, 0.3) is 0 Å². The highest BCUT2D eigenvalue weighted by Crippen LogP contribution is 2.24. The minimum absolute atomic E-state index is 0.00528. The molecule has 17 heavy (non-hydrogen) atoms. The zero-order valence-electron chi connectivity index (χ0n) is 9.34. The fraction of sp³-hybridized carbons (Fsp3) is 0.455. The van der Waals surface area contributed by atoms with Gasteiger partial charge in [0, 0.05) is 5.92 Å². The molecule has 1 fully saturated rings. The van der Waals surface area contributed by atoms with E-state index in [1.54, 1.807) is 12.3 Å². The maximum Gasteiger partial charge on any atom is 0.227 e. The number of hydrogen-bond donors (Lipinski definition) is 2. The standard InChI is InChI=1S/C11H13BrClN3O/c1-6(7-3-14-4-7)11(17)16-8-2-9(12)10(13)15-5-8/h2,5-7,14H,3-4H2,1H3,(H,16,17). The van der Waals surface area contributed by atoms with E-state index in [1.165, 1.54) is 0 Å². The number of amides is 1. The SMILES string of the molecule is CC(C(=O)Nc1cnc(Cl)c(Br)c1)C1CNC1. The zero-order chi connectivity index (χ0) is 12.4. The second-order valence-electron chi connectivity index (χ2n) is 4.19. The molecule has 1 aromatic rings. The normalized spacial score (nSPS) is 17.4. The highest BCUT2D eigenvalue weighted by atomic mass is 79.9. The van der Waals surface area contributed by atoms with E-state index in [0.29, 0.717) is 21.2 Å². The van der Waals surface area contributed by atoms with Gasteiger partial charge in [0.15, 0.2) is 0 Å². The van der Waals surface area contributed by atoms with Crippen molar-refractivity contribution in [1.29, 1.82) is 0 Å². The number of hydrogen-bond acceptors (Lipinski definition) is 3. The molecule has 1 aromatic heterocycles. The molecule has 2 N–H and O–H groups in total. The van der Waals surface area contributed by atoms with E-state index in [4.69, 9.17) is 11.6 Å². The van der Waals surface area contributed by atoms with Crippen LogP contribution in [0.15, 0.2) is 16.7 Å². The Morgan fingerprint density at radius 2 is 2.41 bits per heavy atom. The second kappa shape index (κ2) is 5.33. The summed E-state index contributed by atoms with van der Waals surface area (Å²) in [4.78, 5) is 15.9. The van der Waals surface area contributed by atoms with E-state index in [9.17, 15) is 4.79 Å². The van der Waals surface area contributed by atoms with Gasteiger partial charge >= 0.3 is 0 Å². The number of anilines is 1. The first-order chi connectivity index (χ1) is 8.08. The van der Waals surface area contributed by atoms with Crippen LogP contribution in [0.5, 0.6) is 0 Å². The van der Waals surface area contributed by atoms with E-state index >= 15 is 0 Å². The van der Waals surface area contributed by atoms with Crippen LogP contribution in [0, 0.1) is 11.8 Å². The average molecular weight is 319 g/mol. The molecule has 0 bridgehead atoms. The molecule has 0 aliphatic carbocycles. The summed E-state index contributed by atoms with van der Waals surface area (Å²) < 4.78 is 0.676. The van der Waals surface area contributed by atoms with Crippen LogP contribution in [0.3, 0.4) is 0 Å². The Hall–Kier alpha value is -0.650. The topological polar surface area (TPSA) is 54.0 Å². The molecule has 0 spiro atoms. The van der Waals surface area contributed by atoms with E-state index in [0.717, 1.165) is 13.1 Å². The van der Waals surface area contributed by atoms with Crippen LogP contribution in [0.4, 0.5) is 5.69 Å². The Labute approximate surface area is 113 Å². The quantitative estimate of drug-likeness (QED) is 0.841. The third-order valence-corrected chi connectivity index (χ3v) is 4.13. The molecule has 1 atom stereocenters. The number of pyridine rings is 1. The first-order valence-electron chi connectivity index (χ1n) is 5.40. The van der Waals surface area contributed by atoms with E-state index in [2.05, 4.69) is 31.5 Å². The van der Waals surface area contributed by atoms with Gasteiger partial charge in [-0.15, -0.1) is 0 Å². The Morgan fingerprint density at radius 3 is 2.94 bits per heavy atom. The smallest absolute Gasteiger partial charge is 0.227 e. The number of carbonyl (C=O) groups excluding carboxylic acids is 1. The Bertz CT molecular complexity index is 437. The van der Waals surface area contributed by atoms with E-state index < -0.39 is 0 Å². The highest BCUT2D eigenvalue weighted by Gasteiger charge is 2.28. The molecule has 92 valence electrons. The summed E-state index contributed by atoms with van der Waals surface area (Å²) in [6, 6.07) is 1.75. The van der Waals surface area contributed by atoms with Crippen molar-refractivity contribution >= 4 is 39.1 Å². The lowest BCUT2D eigenvalue weighted by Gasteiger charge is -2.31. The number of carbonyl (C=O) groups is 1. The third-order valence-electron chi connectivity index (χ3n) is 3.00. The molecule has 1 aliphatic rings. The van der Waals surface area contributed by atoms with Crippen LogP contribution < -0.4 is 10.6 Å². The van der Waals surface area contributed by atoms with Gasteiger partial charge in [0.1, 0.15) is 5.15 Å². The Balaban J connectivity index is 1.99. The predicted octanol–water partition coefficient (Wildman–Crippen LogP) is 2.29. The van der Waals surface area contributed by atoms with Crippen molar-refractivity contribution < 1.29 is 4.79 Å². The van der Waals surface area contributed by atoms with Crippen molar-refractivity contribution in [2.24, 2.45) is 11.8 Å². The van der Waals surface area contributed by atoms with Crippen LogP contribution in [-0.2, 0) is 4.79 Å². The molecule has 0 radical (unpaired) electrons. The number of aromatic nitrogens is 1. The fourth-order valence-electron chi connectivity index (χ4n) is 1.62. The van der Waals surface area contributed by atoms with Crippen molar-refractivity contribution in [3.05, 3.63) is 21.9 Å². The van der Waals surface area contributed by atoms with E-state index in [-0.39, 0.29) is 11.8 Å². The fourth-order valence-corrected chi connectivity index (χ4v) is 2.08. The molecule has 1 unspecified atom stereocenters. The molecule has 2 rings (SSSR count). The summed E-state index contributed by atoms with van der Waals surface area (Å²) in [5.74, 6) is 0.455. The van der Waals surface area contributed by atoms with E-state index in [1.807, 2.05) is 6.92 Å². The monoisotopic (exact) mass is 317 g/mol. The molecule has 4 nitrogen and oxygen atoms in total. The van der Waals surface area contributed by atoms with Crippen LogP contribution in [-0.4, -0.2) is 24.0 Å². The van der Waals surface area contributed by atoms with Gasteiger partial charge in [0.05, 0.1) is 16.4 Å². The summed E-state index contributed by atoms with van der Waals surface area (Å²) in [6.07, 6.45) is 1.55. The number of halogens is 2. The zero-order valence-corrected chi connectivity index (χ0v) is 11.7. The summed E-state index contributed by atoms with van der Waals surface area (Å²) in [7, 11) is 0. The maximum atomic E-state index is 11.9. The minimum Gasteiger partial charge on any atom is -0.324 e. The lowest BCUT2D eigenvalue weighted by atomic mass is 9.88. The van der Waals surface area contributed by atoms with Crippen LogP contribution in [0.25, 0.3) is 0 Å². The first kappa shape index (κ1) is 12.8. The predicted molar refractivity (Wildman–Crippen MR) is 71.1 cm³/mol. The Kier molecular flexibility index (Phi) is 4.01. The van der Waals surface area contributed by atoms with Crippen LogP contribution in [0.2, 0.25) is 5.15 Å². The lowest BCUT2D eigenvalue weighted by Crippen LogP contribution is -2.48. The molecular formula is C11H13BrClN3O. The molecule has 1 amide bonds. The molecule has 6 heteroatoms. The first-order valence-corrected chi connectivity index (χ1v) is 6.57. The van der Waals surface area contributed by atoms with Crippen molar-refractivity contribution in [2.75, 3.05) is 18.4 Å². The number of nitrogens with zero attached hydrogens (tertiary/aromatic N) is 1.